The molecule has 1 N–H and O–H groups in total. The van der Waals surface area contributed by atoms with Crippen LogP contribution in [0.3, 0.4) is 0 Å². The van der Waals surface area contributed by atoms with Gasteiger partial charge in [0.15, 0.2) is 0 Å². The second-order valence-corrected chi connectivity index (χ2v) is 7.78. The molecule has 6 heteroatoms. The molecule has 1 amide bonds. The van der Waals surface area contributed by atoms with E-state index in [0.717, 1.165) is 32.4 Å². The van der Waals surface area contributed by atoms with E-state index in [1.807, 2.05) is 23.4 Å². The summed E-state index contributed by atoms with van der Waals surface area (Å²) in [6.07, 6.45) is 11.1. The van der Waals surface area contributed by atoms with Crippen molar-refractivity contribution in [2.45, 2.75) is 57.4 Å². The van der Waals surface area contributed by atoms with Crippen LogP contribution in [0.2, 0.25) is 0 Å². The first-order valence-corrected chi connectivity index (χ1v) is 10.3. The normalized spacial score (nSPS) is 21.5. The summed E-state index contributed by atoms with van der Waals surface area (Å²) in [6, 6.07) is 4.68. The Morgan fingerprint density at radius 1 is 1.11 bits per heavy atom. The summed E-state index contributed by atoms with van der Waals surface area (Å²) >= 11 is 0. The highest BCUT2D eigenvalue weighted by Crippen LogP contribution is 2.31. The molecule has 6 nitrogen and oxygen atoms in total. The fourth-order valence-corrected chi connectivity index (χ4v) is 4.35. The predicted octanol–water partition coefficient (Wildman–Crippen LogP) is 3.10. The lowest BCUT2D eigenvalue weighted by molar-refractivity contribution is -0.145. The number of aliphatic carboxylic acids is 1. The number of carbonyl (C=O) groups is 2. The van der Waals surface area contributed by atoms with Crippen LogP contribution in [0.5, 0.6) is 0 Å². The van der Waals surface area contributed by atoms with Gasteiger partial charge in [0, 0.05) is 37.9 Å². The SMILES string of the molecule is O=C(O)C1CCN(C(=O)CCCCCN2CCC[C@H]2c2cccnc2)CC1. The highest BCUT2D eigenvalue weighted by Gasteiger charge is 2.27. The summed E-state index contributed by atoms with van der Waals surface area (Å²) in [7, 11) is 0. The van der Waals surface area contributed by atoms with Gasteiger partial charge in [0.05, 0.1) is 5.92 Å². The number of carboxylic acids is 1. The topological polar surface area (TPSA) is 73.7 Å². The number of piperidine rings is 1. The molecule has 2 aliphatic heterocycles. The van der Waals surface area contributed by atoms with Crippen molar-refractivity contribution < 1.29 is 14.7 Å². The minimum Gasteiger partial charge on any atom is -0.481 e. The predicted molar refractivity (Wildman–Crippen MR) is 103 cm³/mol. The molecule has 1 aromatic heterocycles. The van der Waals surface area contributed by atoms with E-state index in [1.54, 1.807) is 0 Å². The van der Waals surface area contributed by atoms with Crippen LogP contribution in [-0.2, 0) is 9.59 Å². The fourth-order valence-electron chi connectivity index (χ4n) is 4.35. The van der Waals surface area contributed by atoms with Crippen LogP contribution in [0.1, 0.15) is 63.0 Å². The van der Waals surface area contributed by atoms with Gasteiger partial charge in [0.2, 0.25) is 5.91 Å². The number of likely N-dealkylation sites (tertiary alicyclic amines) is 2. The monoisotopic (exact) mass is 373 g/mol. The minimum atomic E-state index is -0.728. The molecule has 0 radical (unpaired) electrons. The van der Waals surface area contributed by atoms with Crippen LogP contribution in [-0.4, -0.2) is 57.9 Å². The molecule has 2 fully saturated rings. The zero-order chi connectivity index (χ0) is 19.1. The van der Waals surface area contributed by atoms with Crippen LogP contribution in [0.25, 0.3) is 0 Å². The Kier molecular flexibility index (Phi) is 7.21. The molecule has 2 saturated heterocycles. The van der Waals surface area contributed by atoms with Crippen LogP contribution in [0, 0.1) is 5.92 Å². The van der Waals surface area contributed by atoms with Gasteiger partial charge in [0.1, 0.15) is 0 Å². The third-order valence-electron chi connectivity index (χ3n) is 5.97. The van der Waals surface area contributed by atoms with Gasteiger partial charge in [-0.15, -0.1) is 0 Å². The minimum absolute atomic E-state index is 0.188. The molecule has 0 spiro atoms. The summed E-state index contributed by atoms with van der Waals surface area (Å²) in [5.41, 5.74) is 1.31. The number of unbranched alkanes of at least 4 members (excludes halogenated alkanes) is 2. The standard InChI is InChI=1S/C21H31N3O3/c25-20(24-14-9-17(10-15-24)21(26)27)8-2-1-3-12-23-13-5-7-19(23)18-6-4-11-22-16-18/h4,6,11,16-17,19H,1-3,5,7-10,12-15H2,(H,26,27)/t19-/m0/s1. The quantitative estimate of drug-likeness (QED) is 0.709. The Bertz CT molecular complexity index is 614. The van der Waals surface area contributed by atoms with E-state index in [4.69, 9.17) is 5.11 Å². The number of hydrogen-bond donors (Lipinski definition) is 1. The van der Waals surface area contributed by atoms with Crippen molar-refractivity contribution in [1.82, 2.24) is 14.8 Å². The first-order chi connectivity index (χ1) is 13.1. The first kappa shape index (κ1) is 19.8. The number of nitrogens with zero attached hydrogens (tertiary/aromatic N) is 3. The number of carboxylic acid groups (broad SMARTS) is 1. The average molecular weight is 373 g/mol. The molecule has 0 unspecified atom stereocenters. The third-order valence-corrected chi connectivity index (χ3v) is 5.97. The molecule has 1 aromatic rings. The van der Waals surface area contributed by atoms with Gasteiger partial charge < -0.3 is 10.0 Å². The molecule has 0 saturated carbocycles. The Morgan fingerprint density at radius 2 is 1.93 bits per heavy atom. The van der Waals surface area contributed by atoms with Gasteiger partial charge in [-0.2, -0.15) is 0 Å². The molecule has 0 bridgehead atoms. The summed E-state index contributed by atoms with van der Waals surface area (Å²) in [4.78, 5) is 31.9. The van der Waals surface area contributed by atoms with E-state index < -0.39 is 5.97 Å². The van der Waals surface area contributed by atoms with E-state index in [1.165, 1.54) is 18.4 Å². The van der Waals surface area contributed by atoms with Crippen LogP contribution < -0.4 is 0 Å². The van der Waals surface area contributed by atoms with E-state index in [9.17, 15) is 9.59 Å². The number of aromatic nitrogens is 1. The van der Waals surface area contributed by atoms with Gasteiger partial charge in [-0.05, 0) is 63.2 Å². The Balaban J connectivity index is 1.31. The maximum atomic E-state index is 12.3. The number of pyridine rings is 1. The second kappa shape index (κ2) is 9.83. The lowest BCUT2D eigenvalue weighted by Gasteiger charge is -2.30. The maximum Gasteiger partial charge on any atom is 0.306 e. The molecule has 0 aliphatic carbocycles. The lowest BCUT2D eigenvalue weighted by Crippen LogP contribution is -2.40. The molecule has 27 heavy (non-hydrogen) atoms. The molecule has 2 aliphatic rings. The van der Waals surface area contributed by atoms with Gasteiger partial charge in [-0.25, -0.2) is 0 Å². The van der Waals surface area contributed by atoms with Gasteiger partial charge in [-0.1, -0.05) is 12.5 Å². The summed E-state index contributed by atoms with van der Waals surface area (Å²) in [5.74, 6) is -0.816. The van der Waals surface area contributed by atoms with Crippen molar-refractivity contribution in [3.8, 4) is 0 Å². The molecular weight excluding hydrogens is 342 g/mol. The van der Waals surface area contributed by atoms with Crippen molar-refractivity contribution in [2.75, 3.05) is 26.2 Å². The molecule has 148 valence electrons. The lowest BCUT2D eigenvalue weighted by atomic mass is 9.97. The Hall–Kier alpha value is -1.95. The van der Waals surface area contributed by atoms with Crippen LogP contribution in [0.4, 0.5) is 0 Å². The smallest absolute Gasteiger partial charge is 0.306 e. The highest BCUT2D eigenvalue weighted by molar-refractivity contribution is 5.77. The number of amides is 1. The number of rotatable bonds is 8. The van der Waals surface area contributed by atoms with Crippen LogP contribution in [0.15, 0.2) is 24.5 Å². The molecule has 0 aromatic carbocycles. The van der Waals surface area contributed by atoms with Gasteiger partial charge >= 0.3 is 5.97 Å². The Morgan fingerprint density at radius 3 is 2.63 bits per heavy atom. The molecular formula is C21H31N3O3. The second-order valence-electron chi connectivity index (χ2n) is 7.78. The molecule has 3 rings (SSSR count). The van der Waals surface area contributed by atoms with E-state index >= 15 is 0 Å². The molecule has 1 atom stereocenters. The largest absolute Gasteiger partial charge is 0.481 e. The summed E-state index contributed by atoms with van der Waals surface area (Å²) in [6.45, 7) is 3.42. The Labute approximate surface area is 161 Å². The van der Waals surface area contributed by atoms with Crippen LogP contribution >= 0.6 is 0 Å². The van der Waals surface area contributed by atoms with Gasteiger partial charge in [0.25, 0.3) is 0 Å². The van der Waals surface area contributed by atoms with E-state index in [-0.39, 0.29) is 11.8 Å². The van der Waals surface area contributed by atoms with Crippen molar-refractivity contribution in [3.05, 3.63) is 30.1 Å². The zero-order valence-corrected chi connectivity index (χ0v) is 16.1. The van der Waals surface area contributed by atoms with E-state index in [2.05, 4.69) is 16.0 Å². The number of carbonyl (C=O) groups excluding carboxylic acids is 1. The van der Waals surface area contributed by atoms with E-state index in [0.29, 0.717) is 38.4 Å². The fraction of sp³-hybridized carbons (Fsp3) is 0.667. The zero-order valence-electron chi connectivity index (χ0n) is 16.1. The summed E-state index contributed by atoms with van der Waals surface area (Å²) in [5, 5.41) is 9.03. The third kappa shape index (κ3) is 5.51. The highest BCUT2D eigenvalue weighted by atomic mass is 16.4. The van der Waals surface area contributed by atoms with Crippen molar-refractivity contribution in [3.63, 3.8) is 0 Å². The number of hydrogen-bond acceptors (Lipinski definition) is 4. The average Bonchev–Trinajstić information content (AvgIpc) is 3.17. The van der Waals surface area contributed by atoms with Crippen molar-refractivity contribution in [1.29, 1.82) is 0 Å². The van der Waals surface area contributed by atoms with Crippen molar-refractivity contribution in [2.24, 2.45) is 5.92 Å². The summed E-state index contributed by atoms with van der Waals surface area (Å²) < 4.78 is 0. The molecule has 3 heterocycles. The first-order valence-electron chi connectivity index (χ1n) is 10.3. The van der Waals surface area contributed by atoms with Crippen molar-refractivity contribution >= 4 is 11.9 Å². The van der Waals surface area contributed by atoms with Gasteiger partial charge in [-0.3, -0.25) is 19.5 Å². The maximum absolute atomic E-state index is 12.3.